The quantitative estimate of drug-likeness (QED) is 0.490. The van der Waals surface area contributed by atoms with Crippen molar-refractivity contribution in [1.82, 2.24) is 10.2 Å². The number of carboxylic acid groups (broad SMARTS) is 1. The molecule has 16 heavy (non-hydrogen) atoms. The van der Waals surface area contributed by atoms with Crippen LogP contribution in [0.5, 0.6) is 0 Å². The minimum absolute atomic E-state index is 0.260. The third-order valence-electron chi connectivity index (χ3n) is 2.28. The first-order valence-electron chi connectivity index (χ1n) is 5.44. The summed E-state index contributed by atoms with van der Waals surface area (Å²) in [6, 6.07) is 0. The van der Waals surface area contributed by atoms with Crippen LogP contribution in [-0.2, 0) is 4.79 Å². The Bertz CT molecular complexity index is 216. The number of rotatable bonds is 2. The number of carbonyl (C=O) groups is 1. The molecule has 1 fully saturated rings. The Balaban J connectivity index is 0.000000293. The molecule has 1 unspecified atom stereocenters. The normalized spacial score (nSPS) is 22.2. The van der Waals surface area contributed by atoms with Gasteiger partial charge in [0.05, 0.1) is 0 Å². The van der Waals surface area contributed by atoms with Gasteiger partial charge in [0.15, 0.2) is 0 Å². The molecule has 1 aliphatic heterocycles. The van der Waals surface area contributed by atoms with Crippen LogP contribution in [0.25, 0.3) is 0 Å². The number of hydrogen-bond acceptors (Lipinski definition) is 5. The van der Waals surface area contributed by atoms with E-state index in [1.165, 1.54) is 13.8 Å². The predicted molar refractivity (Wildman–Crippen MR) is 62.0 cm³/mol. The van der Waals surface area contributed by atoms with E-state index < -0.39 is 11.5 Å². The van der Waals surface area contributed by atoms with Crippen LogP contribution < -0.4 is 11.1 Å². The lowest BCUT2D eigenvalue weighted by Gasteiger charge is -2.31. The standard InChI is InChI=1S/C6H14N2O.C4H9NO2/c1-2-8-4-3-7-5-6(8)9;1-4(2,5)3(6)7/h6-7,9H,2-5H2,1H3;5H2,1-2H3,(H,6,7). The van der Waals surface area contributed by atoms with Crippen molar-refractivity contribution in [2.45, 2.75) is 32.5 Å². The maximum Gasteiger partial charge on any atom is 0.323 e. The average molecular weight is 233 g/mol. The fourth-order valence-corrected chi connectivity index (χ4v) is 1.10. The first kappa shape index (κ1) is 15.3. The van der Waals surface area contributed by atoms with Gasteiger partial charge in [0, 0.05) is 19.6 Å². The highest BCUT2D eigenvalue weighted by molar-refractivity contribution is 5.77. The van der Waals surface area contributed by atoms with E-state index in [1.54, 1.807) is 0 Å². The lowest BCUT2D eigenvalue weighted by molar-refractivity contribution is -0.141. The molecule has 96 valence electrons. The van der Waals surface area contributed by atoms with Gasteiger partial charge >= 0.3 is 5.97 Å². The van der Waals surface area contributed by atoms with Crippen molar-refractivity contribution in [3.05, 3.63) is 0 Å². The van der Waals surface area contributed by atoms with Crippen LogP contribution in [0.15, 0.2) is 0 Å². The molecule has 6 heteroatoms. The smallest absolute Gasteiger partial charge is 0.323 e. The van der Waals surface area contributed by atoms with Gasteiger partial charge in [0.25, 0.3) is 0 Å². The van der Waals surface area contributed by atoms with Crippen molar-refractivity contribution in [3.8, 4) is 0 Å². The van der Waals surface area contributed by atoms with Crippen molar-refractivity contribution < 1.29 is 15.0 Å². The SMILES string of the molecule is CC(C)(N)C(=O)O.CCN1CCNCC1O. The second-order valence-electron chi connectivity index (χ2n) is 4.34. The molecule has 1 saturated heterocycles. The molecule has 5 N–H and O–H groups in total. The van der Waals surface area contributed by atoms with Gasteiger partial charge in [-0.3, -0.25) is 9.69 Å². The zero-order chi connectivity index (χ0) is 12.8. The van der Waals surface area contributed by atoms with Crippen LogP contribution in [0, 0.1) is 0 Å². The molecule has 1 atom stereocenters. The molecule has 0 radical (unpaired) electrons. The van der Waals surface area contributed by atoms with E-state index in [2.05, 4.69) is 17.1 Å². The van der Waals surface area contributed by atoms with Gasteiger partial charge in [-0.05, 0) is 20.4 Å². The van der Waals surface area contributed by atoms with E-state index in [9.17, 15) is 9.90 Å². The number of aliphatic carboxylic acids is 1. The molecule has 0 bridgehead atoms. The van der Waals surface area contributed by atoms with Gasteiger partial charge < -0.3 is 21.3 Å². The Hall–Kier alpha value is -0.690. The number of nitrogens with one attached hydrogen (secondary N) is 1. The number of piperazine rings is 1. The monoisotopic (exact) mass is 233 g/mol. The molecule has 0 aromatic rings. The Kier molecular flexibility index (Phi) is 6.51. The van der Waals surface area contributed by atoms with Gasteiger partial charge in [-0.15, -0.1) is 0 Å². The fraction of sp³-hybridized carbons (Fsp3) is 0.900. The number of carboxylic acids is 1. The van der Waals surface area contributed by atoms with E-state index in [-0.39, 0.29) is 6.23 Å². The summed E-state index contributed by atoms with van der Waals surface area (Å²) in [4.78, 5) is 11.9. The highest BCUT2D eigenvalue weighted by Gasteiger charge is 2.19. The molecule has 1 rings (SSSR count). The number of hydrogen-bond donors (Lipinski definition) is 4. The molecule has 1 heterocycles. The van der Waals surface area contributed by atoms with E-state index in [1.807, 2.05) is 0 Å². The zero-order valence-corrected chi connectivity index (χ0v) is 10.2. The van der Waals surface area contributed by atoms with Crippen molar-refractivity contribution in [2.75, 3.05) is 26.2 Å². The van der Waals surface area contributed by atoms with Crippen LogP contribution in [0.3, 0.4) is 0 Å². The third-order valence-corrected chi connectivity index (χ3v) is 2.28. The maximum absolute atomic E-state index is 9.90. The van der Waals surface area contributed by atoms with Crippen molar-refractivity contribution in [3.63, 3.8) is 0 Å². The predicted octanol–water partition coefficient (Wildman–Crippen LogP) is -0.962. The van der Waals surface area contributed by atoms with Crippen LogP contribution in [0.1, 0.15) is 20.8 Å². The highest BCUT2D eigenvalue weighted by atomic mass is 16.4. The molecular weight excluding hydrogens is 210 g/mol. The lowest BCUT2D eigenvalue weighted by atomic mass is 10.1. The van der Waals surface area contributed by atoms with Crippen LogP contribution in [-0.4, -0.2) is 59.0 Å². The number of β-amino-alcohol motifs (C(OH)–C–C–N with tert-alkyl or cyclic N) is 1. The van der Waals surface area contributed by atoms with Crippen LogP contribution in [0.4, 0.5) is 0 Å². The van der Waals surface area contributed by atoms with E-state index >= 15 is 0 Å². The number of nitrogens with zero attached hydrogens (tertiary/aromatic N) is 1. The van der Waals surface area contributed by atoms with E-state index in [4.69, 9.17) is 10.8 Å². The summed E-state index contributed by atoms with van der Waals surface area (Å²) in [7, 11) is 0. The summed E-state index contributed by atoms with van der Waals surface area (Å²) < 4.78 is 0. The molecule has 0 aromatic heterocycles. The van der Waals surface area contributed by atoms with Crippen molar-refractivity contribution >= 4 is 5.97 Å². The van der Waals surface area contributed by atoms with Gasteiger partial charge in [0.1, 0.15) is 11.8 Å². The molecular formula is C10H23N3O3. The van der Waals surface area contributed by atoms with Gasteiger partial charge in [-0.1, -0.05) is 6.92 Å². The molecule has 0 saturated carbocycles. The summed E-state index contributed by atoms with van der Waals surface area (Å²) >= 11 is 0. The molecule has 0 spiro atoms. The second kappa shape index (κ2) is 6.80. The minimum Gasteiger partial charge on any atom is -0.480 e. The Morgan fingerprint density at radius 2 is 2.12 bits per heavy atom. The Morgan fingerprint density at radius 1 is 1.62 bits per heavy atom. The Labute approximate surface area is 96.4 Å². The van der Waals surface area contributed by atoms with Crippen LogP contribution in [0.2, 0.25) is 0 Å². The number of aliphatic hydroxyl groups is 1. The van der Waals surface area contributed by atoms with Gasteiger partial charge in [-0.2, -0.15) is 0 Å². The zero-order valence-electron chi connectivity index (χ0n) is 10.2. The molecule has 0 amide bonds. The summed E-state index contributed by atoms with van der Waals surface area (Å²) in [5.41, 5.74) is 4.00. The van der Waals surface area contributed by atoms with Crippen molar-refractivity contribution in [2.24, 2.45) is 5.73 Å². The summed E-state index contributed by atoms with van der Waals surface area (Å²) in [6.45, 7) is 8.58. The van der Waals surface area contributed by atoms with Crippen molar-refractivity contribution in [1.29, 1.82) is 0 Å². The van der Waals surface area contributed by atoms with Gasteiger partial charge in [-0.25, -0.2) is 0 Å². The maximum atomic E-state index is 9.90. The summed E-state index contributed by atoms with van der Waals surface area (Å²) in [5, 5.41) is 20.5. The second-order valence-corrected chi connectivity index (χ2v) is 4.34. The largest absolute Gasteiger partial charge is 0.480 e. The fourth-order valence-electron chi connectivity index (χ4n) is 1.10. The van der Waals surface area contributed by atoms with Gasteiger partial charge in [0.2, 0.25) is 0 Å². The Morgan fingerprint density at radius 3 is 2.38 bits per heavy atom. The average Bonchev–Trinajstić information content (AvgIpc) is 2.18. The minimum atomic E-state index is -1.08. The highest BCUT2D eigenvalue weighted by Crippen LogP contribution is 1.97. The first-order chi connectivity index (χ1) is 7.29. The molecule has 0 aromatic carbocycles. The summed E-state index contributed by atoms with van der Waals surface area (Å²) in [5.74, 6) is -0.979. The molecule has 6 nitrogen and oxygen atoms in total. The topological polar surface area (TPSA) is 98.8 Å². The van der Waals surface area contributed by atoms with E-state index in [0.29, 0.717) is 6.54 Å². The first-order valence-corrected chi connectivity index (χ1v) is 5.44. The number of aliphatic hydroxyl groups excluding tert-OH is 1. The number of nitrogens with two attached hydrogens (primary N) is 1. The third kappa shape index (κ3) is 6.02. The number of likely N-dealkylation sites (N-methyl/N-ethyl adjacent to an activating group) is 1. The van der Waals surface area contributed by atoms with E-state index in [0.717, 1.165) is 19.6 Å². The molecule has 0 aliphatic carbocycles. The van der Waals surface area contributed by atoms with Crippen LogP contribution >= 0.6 is 0 Å². The summed E-state index contributed by atoms with van der Waals surface area (Å²) in [6.07, 6.45) is -0.260. The molecule has 1 aliphatic rings. The lowest BCUT2D eigenvalue weighted by Crippen LogP contribution is -2.50.